The van der Waals surface area contributed by atoms with Gasteiger partial charge in [-0.3, -0.25) is 9.88 Å². The zero-order chi connectivity index (χ0) is 16.8. The third-order valence-electron chi connectivity index (χ3n) is 4.60. The van der Waals surface area contributed by atoms with E-state index in [1.165, 1.54) is 17.7 Å². The number of halogens is 1. The maximum atomic E-state index is 12.9. The number of aliphatic hydroxyl groups excluding tert-OH is 1. The molecule has 2 aromatic rings. The van der Waals surface area contributed by atoms with Gasteiger partial charge < -0.3 is 10.4 Å². The highest BCUT2D eigenvalue weighted by Crippen LogP contribution is 2.16. The highest BCUT2D eigenvalue weighted by Gasteiger charge is 2.20. The van der Waals surface area contributed by atoms with Gasteiger partial charge in [-0.25, -0.2) is 4.39 Å². The molecule has 0 bridgehead atoms. The maximum absolute atomic E-state index is 12.9. The molecule has 0 saturated carbocycles. The Balaban J connectivity index is 1.40. The lowest BCUT2D eigenvalue weighted by atomic mass is 10.0. The largest absolute Gasteiger partial charge is 0.387 e. The van der Waals surface area contributed by atoms with E-state index in [1.54, 1.807) is 12.1 Å². The monoisotopic (exact) mass is 329 g/mol. The van der Waals surface area contributed by atoms with Crippen LogP contribution in [0.1, 0.15) is 30.1 Å². The van der Waals surface area contributed by atoms with Crippen LogP contribution in [-0.2, 0) is 6.54 Å². The molecule has 1 aliphatic rings. The Hall–Kier alpha value is -1.82. The molecule has 2 heterocycles. The van der Waals surface area contributed by atoms with Crippen LogP contribution in [0.4, 0.5) is 4.39 Å². The van der Waals surface area contributed by atoms with E-state index in [0.29, 0.717) is 12.6 Å². The normalized spacial score (nSPS) is 17.8. The summed E-state index contributed by atoms with van der Waals surface area (Å²) in [4.78, 5) is 6.50. The van der Waals surface area contributed by atoms with Crippen LogP contribution in [0, 0.1) is 5.82 Å². The van der Waals surface area contributed by atoms with E-state index >= 15 is 0 Å². The average molecular weight is 329 g/mol. The average Bonchev–Trinajstić information content (AvgIpc) is 2.62. The zero-order valence-corrected chi connectivity index (χ0v) is 13.7. The summed E-state index contributed by atoms with van der Waals surface area (Å²) in [6.07, 6.45) is 5.21. The Kier molecular flexibility index (Phi) is 5.91. The first-order chi connectivity index (χ1) is 11.7. The lowest BCUT2D eigenvalue weighted by Gasteiger charge is -2.33. The van der Waals surface area contributed by atoms with Crippen LogP contribution in [0.15, 0.2) is 48.8 Å². The van der Waals surface area contributed by atoms with Crippen molar-refractivity contribution in [1.29, 1.82) is 0 Å². The summed E-state index contributed by atoms with van der Waals surface area (Å²) in [5.74, 6) is -0.277. The van der Waals surface area contributed by atoms with Crippen molar-refractivity contribution in [1.82, 2.24) is 15.2 Å². The summed E-state index contributed by atoms with van der Waals surface area (Å²) >= 11 is 0. The number of hydrogen-bond donors (Lipinski definition) is 2. The van der Waals surface area contributed by atoms with Gasteiger partial charge >= 0.3 is 0 Å². The molecule has 0 amide bonds. The van der Waals surface area contributed by atoms with Gasteiger partial charge in [-0.05, 0) is 61.3 Å². The van der Waals surface area contributed by atoms with Gasteiger partial charge in [-0.2, -0.15) is 0 Å². The van der Waals surface area contributed by atoms with E-state index in [4.69, 9.17) is 0 Å². The molecule has 1 aromatic carbocycles. The number of aromatic nitrogens is 1. The Morgan fingerprint density at radius 3 is 2.46 bits per heavy atom. The number of nitrogens with one attached hydrogen (secondary N) is 1. The summed E-state index contributed by atoms with van der Waals surface area (Å²) < 4.78 is 12.9. The molecule has 5 heteroatoms. The number of rotatable bonds is 6. The number of benzene rings is 1. The number of likely N-dealkylation sites (tertiary alicyclic amines) is 1. The molecule has 0 aliphatic carbocycles. The Labute approximate surface area is 142 Å². The third kappa shape index (κ3) is 4.84. The predicted octanol–water partition coefficient (Wildman–Crippen LogP) is 2.51. The maximum Gasteiger partial charge on any atom is 0.123 e. The standard InChI is InChI=1S/C19H24FN3O/c20-17-3-1-16(2-4-17)19(24)13-22-18-7-11-23(12-8-18)14-15-5-9-21-10-6-15/h1-6,9-10,18-19,22,24H,7-8,11-14H2. The molecule has 1 unspecified atom stereocenters. The van der Waals surface area contributed by atoms with Crippen LogP contribution < -0.4 is 5.32 Å². The lowest BCUT2D eigenvalue weighted by Crippen LogP contribution is -2.43. The topological polar surface area (TPSA) is 48.4 Å². The van der Waals surface area contributed by atoms with Gasteiger partial charge in [0.05, 0.1) is 6.10 Å². The molecule has 1 saturated heterocycles. The molecule has 1 fully saturated rings. The first-order valence-corrected chi connectivity index (χ1v) is 8.49. The van der Waals surface area contributed by atoms with Gasteiger partial charge in [-0.15, -0.1) is 0 Å². The quantitative estimate of drug-likeness (QED) is 0.855. The van der Waals surface area contributed by atoms with Crippen molar-refractivity contribution in [2.75, 3.05) is 19.6 Å². The minimum absolute atomic E-state index is 0.277. The van der Waals surface area contributed by atoms with E-state index in [0.717, 1.165) is 38.0 Å². The Morgan fingerprint density at radius 1 is 1.12 bits per heavy atom. The van der Waals surface area contributed by atoms with Crippen LogP contribution in [-0.4, -0.2) is 40.7 Å². The molecule has 1 aliphatic heterocycles. The number of pyridine rings is 1. The van der Waals surface area contributed by atoms with Crippen molar-refractivity contribution < 1.29 is 9.50 Å². The van der Waals surface area contributed by atoms with Gasteiger partial charge in [0.15, 0.2) is 0 Å². The molecule has 2 N–H and O–H groups in total. The first-order valence-electron chi connectivity index (χ1n) is 8.49. The van der Waals surface area contributed by atoms with Gasteiger partial charge in [-0.1, -0.05) is 12.1 Å². The predicted molar refractivity (Wildman–Crippen MR) is 91.9 cm³/mol. The van der Waals surface area contributed by atoms with E-state index in [2.05, 4.69) is 27.3 Å². The van der Waals surface area contributed by atoms with Gasteiger partial charge in [0, 0.05) is 31.5 Å². The molecular weight excluding hydrogens is 305 g/mol. The number of hydrogen-bond acceptors (Lipinski definition) is 4. The minimum Gasteiger partial charge on any atom is -0.387 e. The SMILES string of the molecule is OC(CNC1CCN(Cc2ccncc2)CC1)c1ccc(F)cc1. The summed E-state index contributed by atoms with van der Waals surface area (Å²) in [6.45, 7) is 3.56. The van der Waals surface area contributed by atoms with E-state index in [9.17, 15) is 9.50 Å². The Morgan fingerprint density at radius 2 is 1.79 bits per heavy atom. The summed E-state index contributed by atoms with van der Waals surface area (Å²) in [6, 6.07) is 10.6. The van der Waals surface area contributed by atoms with Crippen LogP contribution >= 0.6 is 0 Å². The van der Waals surface area contributed by atoms with E-state index in [-0.39, 0.29) is 5.82 Å². The molecular formula is C19H24FN3O. The van der Waals surface area contributed by atoms with E-state index < -0.39 is 6.10 Å². The Bertz CT molecular complexity index is 612. The third-order valence-corrected chi connectivity index (χ3v) is 4.60. The molecule has 1 atom stereocenters. The number of piperidine rings is 1. The highest BCUT2D eigenvalue weighted by molar-refractivity contribution is 5.18. The van der Waals surface area contributed by atoms with Gasteiger partial charge in [0.2, 0.25) is 0 Å². The second kappa shape index (κ2) is 8.33. The van der Waals surface area contributed by atoms with Crippen LogP contribution in [0.5, 0.6) is 0 Å². The molecule has 4 nitrogen and oxygen atoms in total. The number of aliphatic hydroxyl groups is 1. The molecule has 24 heavy (non-hydrogen) atoms. The van der Waals surface area contributed by atoms with Crippen molar-refractivity contribution in [2.45, 2.75) is 31.5 Å². The van der Waals surface area contributed by atoms with Crippen molar-refractivity contribution in [3.63, 3.8) is 0 Å². The second-order valence-corrected chi connectivity index (χ2v) is 6.38. The van der Waals surface area contributed by atoms with Crippen LogP contribution in [0.3, 0.4) is 0 Å². The van der Waals surface area contributed by atoms with Crippen LogP contribution in [0.25, 0.3) is 0 Å². The smallest absolute Gasteiger partial charge is 0.123 e. The molecule has 0 spiro atoms. The first kappa shape index (κ1) is 17.0. The molecule has 128 valence electrons. The van der Waals surface area contributed by atoms with Crippen molar-refractivity contribution in [3.8, 4) is 0 Å². The number of nitrogens with zero attached hydrogens (tertiary/aromatic N) is 2. The molecule has 3 rings (SSSR count). The van der Waals surface area contributed by atoms with Crippen molar-refractivity contribution in [3.05, 3.63) is 65.7 Å². The fourth-order valence-electron chi connectivity index (χ4n) is 3.12. The molecule has 0 radical (unpaired) electrons. The van der Waals surface area contributed by atoms with Crippen molar-refractivity contribution >= 4 is 0 Å². The zero-order valence-electron chi connectivity index (χ0n) is 13.7. The summed E-state index contributed by atoms with van der Waals surface area (Å²) in [5, 5.41) is 13.6. The van der Waals surface area contributed by atoms with Gasteiger partial charge in [0.1, 0.15) is 5.82 Å². The second-order valence-electron chi connectivity index (χ2n) is 6.38. The highest BCUT2D eigenvalue weighted by atomic mass is 19.1. The van der Waals surface area contributed by atoms with Crippen molar-refractivity contribution in [2.24, 2.45) is 0 Å². The lowest BCUT2D eigenvalue weighted by molar-refractivity contribution is 0.149. The fourth-order valence-corrected chi connectivity index (χ4v) is 3.12. The fraction of sp³-hybridized carbons (Fsp3) is 0.421. The molecule has 1 aromatic heterocycles. The van der Waals surface area contributed by atoms with Gasteiger partial charge in [0.25, 0.3) is 0 Å². The van der Waals surface area contributed by atoms with E-state index in [1.807, 2.05) is 12.4 Å². The summed E-state index contributed by atoms with van der Waals surface area (Å²) in [7, 11) is 0. The van der Waals surface area contributed by atoms with Crippen LogP contribution in [0.2, 0.25) is 0 Å². The summed E-state index contributed by atoms with van der Waals surface area (Å²) in [5.41, 5.74) is 2.04. The minimum atomic E-state index is -0.597.